The van der Waals surface area contributed by atoms with E-state index in [1.807, 2.05) is 13.8 Å². The molecule has 2 amide bonds. The predicted molar refractivity (Wildman–Crippen MR) is 132 cm³/mol. The van der Waals surface area contributed by atoms with Crippen molar-refractivity contribution in [1.29, 1.82) is 0 Å². The molecule has 0 atom stereocenters. The number of hydrogen-bond acceptors (Lipinski definition) is 5. The Balaban J connectivity index is 1.85. The molecule has 0 unspecified atom stereocenters. The summed E-state index contributed by atoms with van der Waals surface area (Å²) in [6.45, 7) is 3.68. The van der Waals surface area contributed by atoms with Crippen LogP contribution in [0.3, 0.4) is 0 Å². The van der Waals surface area contributed by atoms with Crippen LogP contribution in [0, 0.1) is 0 Å². The average Bonchev–Trinajstić information content (AvgIpc) is 2.83. The van der Waals surface area contributed by atoms with E-state index in [0.717, 1.165) is 4.31 Å². The van der Waals surface area contributed by atoms with Crippen LogP contribution in [-0.2, 0) is 10.0 Å². The van der Waals surface area contributed by atoms with E-state index in [2.05, 4.69) is 10.6 Å². The summed E-state index contributed by atoms with van der Waals surface area (Å²) in [4.78, 5) is 25.4. The van der Waals surface area contributed by atoms with E-state index >= 15 is 0 Å². The van der Waals surface area contributed by atoms with Crippen LogP contribution in [0.25, 0.3) is 0 Å². The number of ether oxygens (including phenoxy) is 1. The molecule has 3 aromatic carbocycles. The van der Waals surface area contributed by atoms with E-state index < -0.39 is 15.9 Å². The summed E-state index contributed by atoms with van der Waals surface area (Å²) in [5, 5.41) is 5.50. The fourth-order valence-corrected chi connectivity index (χ4v) is 4.45. The molecule has 0 radical (unpaired) electrons. The second-order valence-corrected chi connectivity index (χ2v) is 9.80. The van der Waals surface area contributed by atoms with Gasteiger partial charge in [-0.25, -0.2) is 8.42 Å². The first-order valence-corrected chi connectivity index (χ1v) is 12.0. The Bertz CT molecular complexity index is 1290. The Labute approximate surface area is 199 Å². The lowest BCUT2D eigenvalue weighted by Gasteiger charge is -2.20. The van der Waals surface area contributed by atoms with Gasteiger partial charge in [-0.3, -0.25) is 13.9 Å². The molecule has 0 aliphatic rings. The van der Waals surface area contributed by atoms with Crippen molar-refractivity contribution in [3.8, 4) is 5.75 Å². The first-order chi connectivity index (χ1) is 16.1. The Hall–Kier alpha value is -3.85. The smallest absolute Gasteiger partial charge is 0.264 e. The van der Waals surface area contributed by atoms with Crippen LogP contribution in [0.1, 0.15) is 34.6 Å². The number of sulfonamides is 1. The zero-order valence-corrected chi connectivity index (χ0v) is 20.2. The molecule has 0 saturated carbocycles. The number of nitrogens with one attached hydrogen (secondary N) is 2. The van der Waals surface area contributed by atoms with Gasteiger partial charge < -0.3 is 15.4 Å². The van der Waals surface area contributed by atoms with Gasteiger partial charge in [-0.15, -0.1) is 0 Å². The summed E-state index contributed by atoms with van der Waals surface area (Å²) in [5.74, 6) is -0.243. The van der Waals surface area contributed by atoms with E-state index in [-0.39, 0.29) is 22.4 Å². The fraction of sp³-hybridized carbons (Fsp3) is 0.200. The number of amides is 2. The molecule has 0 bridgehead atoms. The van der Waals surface area contributed by atoms with Crippen LogP contribution in [0.5, 0.6) is 5.75 Å². The third-order valence-corrected chi connectivity index (χ3v) is 6.81. The van der Waals surface area contributed by atoms with Crippen LogP contribution in [0.15, 0.2) is 77.7 Å². The second-order valence-electron chi connectivity index (χ2n) is 7.83. The molecule has 3 aromatic rings. The molecule has 0 fully saturated rings. The lowest BCUT2D eigenvalue weighted by Crippen LogP contribution is -2.31. The molecule has 0 saturated heterocycles. The summed E-state index contributed by atoms with van der Waals surface area (Å²) < 4.78 is 32.6. The molecule has 9 heteroatoms. The van der Waals surface area contributed by atoms with Gasteiger partial charge in [-0.2, -0.15) is 0 Å². The van der Waals surface area contributed by atoms with Crippen molar-refractivity contribution in [1.82, 2.24) is 5.32 Å². The largest absolute Gasteiger partial charge is 0.497 e. The maximum Gasteiger partial charge on any atom is 0.264 e. The number of anilines is 2. The van der Waals surface area contributed by atoms with E-state index in [1.54, 1.807) is 48.5 Å². The Morgan fingerprint density at radius 3 is 2.24 bits per heavy atom. The average molecular weight is 482 g/mol. The van der Waals surface area contributed by atoms with Crippen LogP contribution in [0.2, 0.25) is 0 Å². The zero-order valence-electron chi connectivity index (χ0n) is 19.4. The summed E-state index contributed by atoms with van der Waals surface area (Å²) >= 11 is 0. The van der Waals surface area contributed by atoms with Gasteiger partial charge in [-0.1, -0.05) is 18.2 Å². The standard InChI is InChI=1S/C25H27N3O5S/c1-17(2)26-25(30)22-10-5-6-11-23(22)27-24(29)18-8-7-9-21(16-18)34(31,32)28(3)19-12-14-20(33-4)15-13-19/h5-17H,1-4H3,(H,26,30)(H,27,29). The molecule has 178 valence electrons. The number of para-hydroxylation sites is 1. The highest BCUT2D eigenvalue weighted by Crippen LogP contribution is 2.25. The SMILES string of the molecule is COc1ccc(N(C)S(=O)(=O)c2cccc(C(=O)Nc3ccccc3C(=O)NC(C)C)c2)cc1. The number of carbonyl (C=O) groups is 2. The second kappa shape index (κ2) is 10.4. The fourth-order valence-electron chi connectivity index (χ4n) is 3.21. The van der Waals surface area contributed by atoms with Crippen molar-refractivity contribution in [2.45, 2.75) is 24.8 Å². The molecule has 2 N–H and O–H groups in total. The topological polar surface area (TPSA) is 105 Å². The summed E-state index contributed by atoms with van der Waals surface area (Å²) in [6, 6.07) is 18.9. The summed E-state index contributed by atoms with van der Waals surface area (Å²) in [7, 11) is -0.960. The van der Waals surface area contributed by atoms with E-state index in [1.165, 1.54) is 38.4 Å². The normalized spacial score (nSPS) is 11.1. The number of rotatable bonds is 8. The maximum absolute atomic E-state index is 13.2. The number of hydrogen-bond donors (Lipinski definition) is 2. The number of methoxy groups -OCH3 is 1. The molecule has 0 aliphatic carbocycles. The van der Waals surface area contributed by atoms with Gasteiger partial charge in [0.05, 0.1) is 28.9 Å². The first-order valence-electron chi connectivity index (χ1n) is 10.6. The summed E-state index contributed by atoms with van der Waals surface area (Å²) in [5.41, 5.74) is 1.23. The van der Waals surface area contributed by atoms with Crippen LogP contribution >= 0.6 is 0 Å². The minimum absolute atomic E-state index is 0.0377. The van der Waals surface area contributed by atoms with Gasteiger partial charge in [0, 0.05) is 18.7 Å². The van der Waals surface area contributed by atoms with Crippen molar-refractivity contribution in [2.24, 2.45) is 0 Å². The van der Waals surface area contributed by atoms with Gasteiger partial charge in [0.2, 0.25) is 0 Å². The minimum atomic E-state index is -3.93. The lowest BCUT2D eigenvalue weighted by molar-refractivity contribution is 0.0944. The summed E-state index contributed by atoms with van der Waals surface area (Å²) in [6.07, 6.45) is 0. The van der Waals surface area contributed by atoms with E-state index in [9.17, 15) is 18.0 Å². The molecular formula is C25H27N3O5S. The monoisotopic (exact) mass is 481 g/mol. The van der Waals surface area contributed by atoms with Crippen molar-refractivity contribution in [3.05, 3.63) is 83.9 Å². The lowest BCUT2D eigenvalue weighted by atomic mass is 10.1. The predicted octanol–water partition coefficient (Wildman–Crippen LogP) is 3.91. The van der Waals surface area contributed by atoms with Crippen molar-refractivity contribution in [2.75, 3.05) is 23.8 Å². The van der Waals surface area contributed by atoms with E-state index in [4.69, 9.17) is 4.74 Å². The molecule has 0 heterocycles. The van der Waals surface area contributed by atoms with Gasteiger partial charge >= 0.3 is 0 Å². The zero-order chi connectivity index (χ0) is 24.9. The van der Waals surface area contributed by atoms with Gasteiger partial charge in [0.1, 0.15) is 5.75 Å². The highest BCUT2D eigenvalue weighted by atomic mass is 32.2. The maximum atomic E-state index is 13.2. The van der Waals surface area contributed by atoms with E-state index in [0.29, 0.717) is 22.7 Å². The van der Waals surface area contributed by atoms with Gasteiger partial charge in [0.25, 0.3) is 21.8 Å². The highest BCUT2D eigenvalue weighted by Gasteiger charge is 2.23. The van der Waals surface area contributed by atoms with Crippen LogP contribution in [0.4, 0.5) is 11.4 Å². The number of benzene rings is 3. The molecule has 0 spiro atoms. The van der Waals surface area contributed by atoms with Crippen molar-refractivity contribution < 1.29 is 22.7 Å². The minimum Gasteiger partial charge on any atom is -0.497 e. The van der Waals surface area contributed by atoms with Crippen LogP contribution in [-0.4, -0.2) is 40.4 Å². The van der Waals surface area contributed by atoms with Gasteiger partial charge in [0.15, 0.2) is 0 Å². The molecule has 3 rings (SSSR count). The number of carbonyl (C=O) groups excluding carboxylic acids is 2. The molecule has 34 heavy (non-hydrogen) atoms. The third-order valence-electron chi connectivity index (χ3n) is 5.03. The Kier molecular flexibility index (Phi) is 7.57. The Morgan fingerprint density at radius 2 is 1.59 bits per heavy atom. The quantitative estimate of drug-likeness (QED) is 0.508. The molecule has 0 aromatic heterocycles. The van der Waals surface area contributed by atoms with Crippen LogP contribution < -0.4 is 19.7 Å². The van der Waals surface area contributed by atoms with Crippen molar-refractivity contribution >= 4 is 33.2 Å². The Morgan fingerprint density at radius 1 is 0.912 bits per heavy atom. The van der Waals surface area contributed by atoms with Crippen molar-refractivity contribution in [3.63, 3.8) is 0 Å². The third kappa shape index (κ3) is 5.55. The first kappa shape index (κ1) is 24.8. The molecule has 0 aliphatic heterocycles. The van der Waals surface area contributed by atoms with Gasteiger partial charge in [-0.05, 0) is 68.4 Å². The highest BCUT2D eigenvalue weighted by molar-refractivity contribution is 7.92. The molecule has 8 nitrogen and oxygen atoms in total. The molecular weight excluding hydrogens is 454 g/mol. The number of nitrogens with zero attached hydrogens (tertiary/aromatic N) is 1.